The molecule has 0 aliphatic carbocycles. The molecule has 7 nitrogen and oxygen atoms in total. The SMILES string of the molecule is Cl.Nc1nc(-c2ccc(C(=O)N3CCN(S(=O)(=O)c4ccc5cc(Cl)ccc5c4)CC3)cc2)cs1. The van der Waals surface area contributed by atoms with Crippen LogP contribution in [-0.4, -0.2) is 54.7 Å². The molecule has 1 amide bonds. The number of carbonyl (C=O) groups excluding carboxylic acids is 1. The topological polar surface area (TPSA) is 96.6 Å². The molecule has 1 aromatic heterocycles. The number of aromatic nitrogens is 1. The highest BCUT2D eigenvalue weighted by Crippen LogP contribution is 2.26. The van der Waals surface area contributed by atoms with E-state index >= 15 is 0 Å². The molecule has 0 radical (unpaired) electrons. The van der Waals surface area contributed by atoms with Gasteiger partial charge in [0.1, 0.15) is 0 Å². The highest BCUT2D eigenvalue weighted by Gasteiger charge is 2.30. The molecular weight excluding hydrogens is 527 g/mol. The number of fused-ring (bicyclic) bond motifs is 1. The van der Waals surface area contributed by atoms with Crippen molar-refractivity contribution in [2.75, 3.05) is 31.9 Å². The number of nitrogen functional groups attached to an aromatic ring is 1. The van der Waals surface area contributed by atoms with Crippen molar-refractivity contribution in [3.05, 3.63) is 76.6 Å². The lowest BCUT2D eigenvalue weighted by molar-refractivity contribution is 0.0698. The van der Waals surface area contributed by atoms with Crippen LogP contribution in [0.3, 0.4) is 0 Å². The molecule has 1 aliphatic heterocycles. The minimum Gasteiger partial charge on any atom is -0.375 e. The Morgan fingerprint density at radius 2 is 1.60 bits per heavy atom. The van der Waals surface area contributed by atoms with Crippen molar-refractivity contribution >= 4 is 67.2 Å². The Kier molecular flexibility index (Phi) is 7.35. The first-order valence-electron chi connectivity index (χ1n) is 10.6. The summed E-state index contributed by atoms with van der Waals surface area (Å²) in [6, 6.07) is 17.6. The Balaban J connectivity index is 0.00000289. The highest BCUT2D eigenvalue weighted by molar-refractivity contribution is 7.89. The molecule has 2 heterocycles. The van der Waals surface area contributed by atoms with Crippen LogP contribution in [0.1, 0.15) is 10.4 Å². The van der Waals surface area contributed by atoms with E-state index in [0.717, 1.165) is 22.0 Å². The molecule has 0 spiro atoms. The van der Waals surface area contributed by atoms with Crippen LogP contribution in [0.2, 0.25) is 5.02 Å². The van der Waals surface area contributed by atoms with Crippen molar-refractivity contribution in [2.24, 2.45) is 0 Å². The van der Waals surface area contributed by atoms with Gasteiger partial charge in [0.2, 0.25) is 10.0 Å². The average molecular weight is 550 g/mol. The fraction of sp³-hybridized carbons (Fsp3) is 0.167. The molecule has 11 heteroatoms. The Bertz CT molecular complexity index is 1480. The number of sulfonamides is 1. The smallest absolute Gasteiger partial charge is 0.253 e. The van der Waals surface area contributed by atoms with E-state index in [0.29, 0.717) is 28.8 Å². The number of anilines is 1. The molecule has 4 aromatic rings. The van der Waals surface area contributed by atoms with Gasteiger partial charge in [0.05, 0.1) is 10.6 Å². The van der Waals surface area contributed by atoms with Gasteiger partial charge >= 0.3 is 0 Å². The lowest BCUT2D eigenvalue weighted by atomic mass is 10.1. The molecule has 1 aliphatic rings. The Labute approximate surface area is 218 Å². The van der Waals surface area contributed by atoms with E-state index in [-0.39, 0.29) is 36.3 Å². The molecule has 0 bridgehead atoms. The van der Waals surface area contributed by atoms with Crippen molar-refractivity contribution in [3.8, 4) is 11.3 Å². The largest absolute Gasteiger partial charge is 0.375 e. The standard InChI is InChI=1S/C24H21ClN4O3S2.ClH/c25-20-7-5-19-14-21(8-6-18(19)13-20)34(31,32)29-11-9-28(10-12-29)23(30)17-3-1-16(2-4-17)22-15-33-24(26)27-22;/h1-8,13-15H,9-12H2,(H2,26,27);1H. The first-order valence-corrected chi connectivity index (χ1v) is 13.3. The lowest BCUT2D eigenvalue weighted by Crippen LogP contribution is -2.50. The fourth-order valence-electron chi connectivity index (χ4n) is 4.02. The third-order valence-corrected chi connectivity index (χ3v) is 8.69. The average Bonchev–Trinajstić information content (AvgIpc) is 3.29. The van der Waals surface area contributed by atoms with E-state index in [1.165, 1.54) is 15.6 Å². The van der Waals surface area contributed by atoms with Crippen LogP contribution in [-0.2, 0) is 10.0 Å². The molecule has 0 saturated carbocycles. The Hall–Kier alpha value is -2.69. The summed E-state index contributed by atoms with van der Waals surface area (Å²) in [5, 5.41) is 4.66. The first kappa shape index (κ1) is 25.4. The van der Waals surface area contributed by atoms with Gasteiger partial charge < -0.3 is 10.6 Å². The third kappa shape index (κ3) is 5.14. The number of carbonyl (C=O) groups is 1. The zero-order valence-corrected chi connectivity index (χ0v) is 21.6. The molecule has 5 rings (SSSR count). The van der Waals surface area contributed by atoms with Crippen LogP contribution in [0.15, 0.2) is 70.9 Å². The van der Waals surface area contributed by atoms with E-state index in [1.807, 2.05) is 23.6 Å². The number of thiazole rings is 1. The van der Waals surface area contributed by atoms with E-state index in [1.54, 1.807) is 47.4 Å². The van der Waals surface area contributed by atoms with Crippen LogP contribution >= 0.6 is 35.3 Å². The number of hydrogen-bond donors (Lipinski definition) is 1. The van der Waals surface area contributed by atoms with Crippen molar-refractivity contribution < 1.29 is 13.2 Å². The zero-order valence-electron chi connectivity index (χ0n) is 18.4. The molecule has 0 atom stereocenters. The summed E-state index contributed by atoms with van der Waals surface area (Å²) in [5.41, 5.74) is 7.91. The summed E-state index contributed by atoms with van der Waals surface area (Å²) in [6.07, 6.45) is 0. The van der Waals surface area contributed by atoms with Gasteiger partial charge in [0.25, 0.3) is 5.91 Å². The van der Waals surface area contributed by atoms with Crippen LogP contribution in [0.4, 0.5) is 5.13 Å². The highest BCUT2D eigenvalue weighted by atomic mass is 35.5. The molecule has 2 N–H and O–H groups in total. The second-order valence-corrected chi connectivity index (χ2v) is 11.3. The second kappa shape index (κ2) is 10.1. The first-order chi connectivity index (χ1) is 16.3. The van der Waals surface area contributed by atoms with Crippen LogP contribution in [0.25, 0.3) is 22.0 Å². The minimum atomic E-state index is -3.67. The summed E-state index contributed by atoms with van der Waals surface area (Å²) in [4.78, 5) is 19.1. The van der Waals surface area contributed by atoms with Crippen molar-refractivity contribution in [3.63, 3.8) is 0 Å². The van der Waals surface area contributed by atoms with E-state index in [4.69, 9.17) is 17.3 Å². The van der Waals surface area contributed by atoms with Gasteiger partial charge in [-0.3, -0.25) is 4.79 Å². The predicted octanol–water partition coefficient (Wildman–Crippen LogP) is 4.77. The van der Waals surface area contributed by atoms with Crippen molar-refractivity contribution in [1.82, 2.24) is 14.2 Å². The molecule has 182 valence electrons. The maximum atomic E-state index is 13.2. The number of rotatable bonds is 4. The van der Waals surface area contributed by atoms with Crippen molar-refractivity contribution in [1.29, 1.82) is 0 Å². The minimum absolute atomic E-state index is 0. The molecule has 0 unspecified atom stereocenters. The maximum Gasteiger partial charge on any atom is 0.253 e. The number of halogens is 2. The van der Waals surface area contributed by atoms with Crippen LogP contribution in [0, 0.1) is 0 Å². The van der Waals surface area contributed by atoms with Gasteiger partial charge in [-0.05, 0) is 47.2 Å². The lowest BCUT2D eigenvalue weighted by Gasteiger charge is -2.34. The molecule has 1 saturated heterocycles. The van der Waals surface area contributed by atoms with Gasteiger partial charge in [-0.1, -0.05) is 35.9 Å². The maximum absolute atomic E-state index is 13.2. The van der Waals surface area contributed by atoms with Crippen molar-refractivity contribution in [2.45, 2.75) is 4.90 Å². The monoisotopic (exact) mass is 548 g/mol. The number of hydrogen-bond acceptors (Lipinski definition) is 6. The predicted molar refractivity (Wildman–Crippen MR) is 143 cm³/mol. The molecule has 3 aromatic carbocycles. The Morgan fingerprint density at radius 3 is 2.26 bits per heavy atom. The van der Waals surface area contributed by atoms with E-state index in [9.17, 15) is 13.2 Å². The summed E-state index contributed by atoms with van der Waals surface area (Å²) in [6.45, 7) is 1.13. The number of amides is 1. The number of nitrogens with zero attached hydrogens (tertiary/aromatic N) is 3. The summed E-state index contributed by atoms with van der Waals surface area (Å²) < 4.78 is 27.8. The van der Waals surface area contributed by atoms with Gasteiger partial charge in [0, 0.05) is 47.7 Å². The van der Waals surface area contributed by atoms with Crippen LogP contribution < -0.4 is 5.73 Å². The summed E-state index contributed by atoms with van der Waals surface area (Å²) >= 11 is 7.39. The quantitative estimate of drug-likeness (QED) is 0.396. The normalized spacial score (nSPS) is 14.6. The number of piperazine rings is 1. The third-order valence-electron chi connectivity index (χ3n) is 5.89. The molecular formula is C24H22Cl2N4O3S2. The van der Waals surface area contributed by atoms with E-state index in [2.05, 4.69) is 4.98 Å². The summed E-state index contributed by atoms with van der Waals surface area (Å²) in [7, 11) is -3.67. The Morgan fingerprint density at radius 1 is 0.943 bits per heavy atom. The zero-order chi connectivity index (χ0) is 23.9. The van der Waals surface area contributed by atoms with Crippen LogP contribution in [0.5, 0.6) is 0 Å². The summed E-state index contributed by atoms with van der Waals surface area (Å²) in [5.74, 6) is -0.121. The molecule has 1 fully saturated rings. The van der Waals surface area contributed by atoms with Gasteiger partial charge in [0.15, 0.2) is 5.13 Å². The van der Waals surface area contributed by atoms with Gasteiger partial charge in [-0.2, -0.15) is 4.31 Å². The van der Waals surface area contributed by atoms with Gasteiger partial charge in [-0.15, -0.1) is 23.7 Å². The number of benzene rings is 3. The molecule has 35 heavy (non-hydrogen) atoms. The number of nitrogens with two attached hydrogens (primary N) is 1. The second-order valence-electron chi connectivity index (χ2n) is 8.00. The fourth-order valence-corrected chi connectivity index (χ4v) is 6.23. The van der Waals surface area contributed by atoms with E-state index < -0.39 is 10.0 Å². The van der Waals surface area contributed by atoms with Gasteiger partial charge in [-0.25, -0.2) is 13.4 Å².